The Labute approximate surface area is 116 Å². The van der Waals surface area contributed by atoms with Crippen LogP contribution in [-0.4, -0.2) is 17.0 Å². The summed E-state index contributed by atoms with van der Waals surface area (Å²) in [7, 11) is 0. The quantitative estimate of drug-likeness (QED) is 0.864. The van der Waals surface area contributed by atoms with Crippen LogP contribution in [0.3, 0.4) is 0 Å². The number of benzene rings is 1. The maximum Gasteiger partial charge on any atom is 0.161 e. The number of thioether (sulfide) groups is 1. The highest BCUT2D eigenvalue weighted by Gasteiger charge is 2.21. The van der Waals surface area contributed by atoms with Crippen LogP contribution >= 0.6 is 35.0 Å². The molecule has 0 amide bonds. The topological polar surface area (TPSA) is 24.4 Å². The molecule has 0 radical (unpaired) electrons. The Morgan fingerprint density at radius 1 is 1.29 bits per heavy atom. The summed E-state index contributed by atoms with van der Waals surface area (Å²) in [6.07, 6.45) is 0. The van der Waals surface area contributed by atoms with Crippen LogP contribution in [0.1, 0.15) is 13.8 Å². The lowest BCUT2D eigenvalue weighted by Crippen LogP contribution is -2.12. The number of hydrogen-bond acceptors (Lipinski definition) is 3. The first-order valence-electron chi connectivity index (χ1n) is 5.48. The van der Waals surface area contributed by atoms with Gasteiger partial charge in [0.15, 0.2) is 5.17 Å². The van der Waals surface area contributed by atoms with E-state index in [1.165, 1.54) is 0 Å². The summed E-state index contributed by atoms with van der Waals surface area (Å²) in [4.78, 5) is 4.62. The number of rotatable bonds is 2. The van der Waals surface area contributed by atoms with Crippen molar-refractivity contribution in [2.45, 2.75) is 19.9 Å². The lowest BCUT2D eigenvalue weighted by Gasteiger charge is -2.08. The van der Waals surface area contributed by atoms with E-state index in [1.54, 1.807) is 17.8 Å². The molecule has 0 bridgehead atoms. The average Bonchev–Trinajstić information content (AvgIpc) is 2.64. The average molecular weight is 289 g/mol. The monoisotopic (exact) mass is 288 g/mol. The fourth-order valence-corrected chi connectivity index (χ4v) is 3.26. The Balaban J connectivity index is 2.09. The van der Waals surface area contributed by atoms with Gasteiger partial charge in [0.25, 0.3) is 0 Å². The number of nitrogens with zero attached hydrogens (tertiary/aromatic N) is 1. The highest BCUT2D eigenvalue weighted by Crippen LogP contribution is 2.27. The molecule has 0 fully saturated rings. The zero-order chi connectivity index (χ0) is 12.4. The van der Waals surface area contributed by atoms with Gasteiger partial charge in [-0.2, -0.15) is 0 Å². The Bertz CT molecular complexity index is 426. The minimum Gasteiger partial charge on any atom is -0.335 e. The van der Waals surface area contributed by atoms with Gasteiger partial charge in [-0.25, -0.2) is 0 Å². The molecule has 92 valence electrons. The van der Waals surface area contributed by atoms with Crippen LogP contribution in [-0.2, 0) is 0 Å². The standard InChI is InChI=1S/C12H14Cl2N2S/c1-7(2)11-6-17-12(16-11)15-10-4-8(13)3-9(14)5-10/h3-5,7,11H,6H2,1-2H3,(H,15,16). The molecule has 2 nitrogen and oxygen atoms in total. The van der Waals surface area contributed by atoms with Gasteiger partial charge in [0, 0.05) is 21.5 Å². The molecule has 1 unspecified atom stereocenters. The maximum atomic E-state index is 5.94. The van der Waals surface area contributed by atoms with Crippen LogP contribution in [0, 0.1) is 5.92 Å². The van der Waals surface area contributed by atoms with E-state index in [1.807, 2.05) is 12.1 Å². The van der Waals surface area contributed by atoms with Gasteiger partial charge in [0.1, 0.15) is 0 Å². The number of halogens is 2. The molecule has 0 spiro atoms. The third-order valence-corrected chi connectivity index (χ3v) is 3.98. The van der Waals surface area contributed by atoms with Crippen molar-refractivity contribution in [1.29, 1.82) is 0 Å². The Morgan fingerprint density at radius 3 is 2.47 bits per heavy atom. The van der Waals surface area contributed by atoms with E-state index in [0.717, 1.165) is 16.6 Å². The van der Waals surface area contributed by atoms with E-state index in [4.69, 9.17) is 23.2 Å². The van der Waals surface area contributed by atoms with Gasteiger partial charge < -0.3 is 5.32 Å². The van der Waals surface area contributed by atoms with Crippen LogP contribution in [0.5, 0.6) is 0 Å². The summed E-state index contributed by atoms with van der Waals surface area (Å²) in [5.41, 5.74) is 0.887. The lowest BCUT2D eigenvalue weighted by atomic mass is 10.1. The van der Waals surface area contributed by atoms with E-state index in [9.17, 15) is 0 Å². The Kier molecular flexibility index (Phi) is 4.23. The van der Waals surface area contributed by atoms with Crippen LogP contribution in [0.25, 0.3) is 0 Å². The SMILES string of the molecule is CC(C)C1CSC(Nc2cc(Cl)cc(Cl)c2)=N1. The van der Waals surface area contributed by atoms with Crippen molar-refractivity contribution in [3.63, 3.8) is 0 Å². The molecule has 0 aromatic heterocycles. The molecule has 1 aromatic carbocycles. The Hall–Kier alpha value is -0.380. The lowest BCUT2D eigenvalue weighted by molar-refractivity contribution is 0.543. The summed E-state index contributed by atoms with van der Waals surface area (Å²) < 4.78 is 0. The van der Waals surface area contributed by atoms with Crippen LogP contribution < -0.4 is 5.32 Å². The van der Waals surface area contributed by atoms with Crippen molar-refractivity contribution in [3.05, 3.63) is 28.2 Å². The summed E-state index contributed by atoms with van der Waals surface area (Å²) in [5, 5.41) is 5.46. The smallest absolute Gasteiger partial charge is 0.161 e. The van der Waals surface area contributed by atoms with Gasteiger partial charge in [-0.15, -0.1) is 0 Å². The van der Waals surface area contributed by atoms with Crippen LogP contribution in [0.4, 0.5) is 5.69 Å². The van der Waals surface area contributed by atoms with Gasteiger partial charge in [0.2, 0.25) is 0 Å². The van der Waals surface area contributed by atoms with Crippen molar-refractivity contribution < 1.29 is 0 Å². The summed E-state index contributed by atoms with van der Waals surface area (Å²) >= 11 is 13.6. The summed E-state index contributed by atoms with van der Waals surface area (Å²) in [6, 6.07) is 5.81. The molecular weight excluding hydrogens is 275 g/mol. The number of anilines is 1. The largest absolute Gasteiger partial charge is 0.335 e. The first-order chi connectivity index (χ1) is 8.04. The molecule has 1 heterocycles. The molecule has 0 saturated carbocycles. The molecule has 1 aliphatic heterocycles. The fourth-order valence-electron chi connectivity index (χ4n) is 1.55. The highest BCUT2D eigenvalue weighted by atomic mass is 35.5. The molecular formula is C12H14Cl2N2S. The van der Waals surface area contributed by atoms with Crippen LogP contribution in [0.2, 0.25) is 10.0 Å². The van der Waals surface area contributed by atoms with Crippen molar-refractivity contribution in [1.82, 2.24) is 0 Å². The van der Waals surface area contributed by atoms with Gasteiger partial charge >= 0.3 is 0 Å². The molecule has 2 rings (SSSR count). The molecule has 1 atom stereocenters. The first-order valence-corrected chi connectivity index (χ1v) is 7.22. The molecule has 5 heteroatoms. The summed E-state index contributed by atoms with van der Waals surface area (Å²) in [5.74, 6) is 1.61. The number of amidine groups is 1. The predicted molar refractivity (Wildman–Crippen MR) is 78.6 cm³/mol. The minimum absolute atomic E-state index is 0.400. The second-order valence-electron chi connectivity index (χ2n) is 4.34. The van der Waals surface area contributed by atoms with Gasteiger partial charge in [-0.3, -0.25) is 4.99 Å². The second-order valence-corrected chi connectivity index (χ2v) is 6.22. The minimum atomic E-state index is 0.400. The predicted octanol–water partition coefficient (Wildman–Crippen LogP) is 4.53. The number of aliphatic imine (C=N–C) groups is 1. The van der Waals surface area contributed by atoms with E-state index in [-0.39, 0.29) is 0 Å². The molecule has 1 N–H and O–H groups in total. The van der Waals surface area contributed by atoms with E-state index in [0.29, 0.717) is 22.0 Å². The second kappa shape index (κ2) is 5.51. The third-order valence-electron chi connectivity index (χ3n) is 2.56. The normalized spacial score (nSPS) is 19.6. The van der Waals surface area contributed by atoms with E-state index >= 15 is 0 Å². The zero-order valence-electron chi connectivity index (χ0n) is 9.71. The van der Waals surface area contributed by atoms with Crippen molar-refractivity contribution in [2.24, 2.45) is 10.9 Å². The summed E-state index contributed by atoms with van der Waals surface area (Å²) in [6.45, 7) is 4.38. The van der Waals surface area contributed by atoms with Gasteiger partial charge in [-0.1, -0.05) is 48.8 Å². The number of nitrogens with one attached hydrogen (secondary N) is 1. The molecule has 0 saturated heterocycles. The zero-order valence-corrected chi connectivity index (χ0v) is 12.0. The highest BCUT2D eigenvalue weighted by molar-refractivity contribution is 8.14. The van der Waals surface area contributed by atoms with Crippen molar-refractivity contribution in [3.8, 4) is 0 Å². The maximum absolute atomic E-state index is 5.94. The molecule has 17 heavy (non-hydrogen) atoms. The third kappa shape index (κ3) is 3.54. The Morgan fingerprint density at radius 2 is 1.94 bits per heavy atom. The van der Waals surface area contributed by atoms with Crippen molar-refractivity contribution in [2.75, 3.05) is 11.1 Å². The van der Waals surface area contributed by atoms with Gasteiger partial charge in [0.05, 0.1) is 6.04 Å². The molecule has 1 aromatic rings. The van der Waals surface area contributed by atoms with Gasteiger partial charge in [-0.05, 0) is 24.1 Å². The van der Waals surface area contributed by atoms with Crippen LogP contribution in [0.15, 0.2) is 23.2 Å². The first kappa shape index (κ1) is 13.1. The molecule has 1 aliphatic rings. The number of hydrogen-bond donors (Lipinski definition) is 1. The van der Waals surface area contributed by atoms with E-state index < -0.39 is 0 Å². The van der Waals surface area contributed by atoms with Crippen molar-refractivity contribution >= 4 is 45.8 Å². The molecule has 0 aliphatic carbocycles. The fraction of sp³-hybridized carbons (Fsp3) is 0.417. The van der Waals surface area contributed by atoms with E-state index in [2.05, 4.69) is 24.2 Å².